The van der Waals surface area contributed by atoms with E-state index in [2.05, 4.69) is 38.7 Å². The van der Waals surface area contributed by atoms with Gasteiger partial charge < -0.3 is 5.32 Å². The predicted molar refractivity (Wildman–Crippen MR) is 79.1 cm³/mol. The summed E-state index contributed by atoms with van der Waals surface area (Å²) in [5.41, 5.74) is 3.12. The van der Waals surface area contributed by atoms with Crippen LogP contribution in [0.3, 0.4) is 0 Å². The molecule has 1 heterocycles. The second kappa shape index (κ2) is 5.15. The summed E-state index contributed by atoms with van der Waals surface area (Å²) >= 11 is 3.44. The van der Waals surface area contributed by atoms with E-state index in [1.54, 1.807) is 0 Å². The number of nitrogens with one attached hydrogen (secondary N) is 2. The van der Waals surface area contributed by atoms with Crippen molar-refractivity contribution in [1.82, 2.24) is 5.32 Å². The molecule has 2 aromatic rings. The van der Waals surface area contributed by atoms with Gasteiger partial charge in [-0.15, -0.1) is 0 Å². The number of para-hydroxylation sites is 1. The van der Waals surface area contributed by atoms with Crippen LogP contribution >= 0.6 is 15.9 Å². The number of benzene rings is 2. The standard InChI is InChI=1S/C15H13BrN2O/c16-11-7-5-10(6-8-11)15-12-3-1-2-4-13(12)18-14(19)9-17-15/h1-8,15,17H,9H2,(H,18,19). The predicted octanol–water partition coefficient (Wildman–Crippen LogP) is 3.08. The average Bonchev–Trinajstić information content (AvgIpc) is 2.58. The van der Waals surface area contributed by atoms with Crippen LogP contribution in [-0.4, -0.2) is 12.5 Å². The molecule has 2 aromatic carbocycles. The molecule has 3 nitrogen and oxygen atoms in total. The second-order valence-corrected chi connectivity index (χ2v) is 5.42. The molecule has 4 heteroatoms. The molecule has 1 amide bonds. The van der Waals surface area contributed by atoms with E-state index in [-0.39, 0.29) is 11.9 Å². The first-order chi connectivity index (χ1) is 9.24. The highest BCUT2D eigenvalue weighted by atomic mass is 79.9. The van der Waals surface area contributed by atoms with Crippen LogP contribution in [0.15, 0.2) is 53.0 Å². The maximum atomic E-state index is 11.7. The van der Waals surface area contributed by atoms with Crippen molar-refractivity contribution in [2.45, 2.75) is 6.04 Å². The van der Waals surface area contributed by atoms with E-state index in [1.165, 1.54) is 0 Å². The molecule has 0 bridgehead atoms. The van der Waals surface area contributed by atoms with Crippen LogP contribution in [0.4, 0.5) is 5.69 Å². The van der Waals surface area contributed by atoms with Gasteiger partial charge in [0.2, 0.25) is 5.91 Å². The molecule has 1 aliphatic heterocycles. The minimum atomic E-state index is -0.00735. The monoisotopic (exact) mass is 316 g/mol. The summed E-state index contributed by atoms with van der Waals surface area (Å²) in [4.78, 5) is 11.7. The number of anilines is 1. The molecular weight excluding hydrogens is 304 g/mol. The highest BCUT2D eigenvalue weighted by Gasteiger charge is 2.22. The van der Waals surface area contributed by atoms with Crippen molar-refractivity contribution in [3.63, 3.8) is 0 Å². The largest absolute Gasteiger partial charge is 0.325 e. The number of halogens is 1. The van der Waals surface area contributed by atoms with E-state index in [9.17, 15) is 4.79 Å². The molecule has 96 valence electrons. The molecule has 0 fully saturated rings. The van der Waals surface area contributed by atoms with Crippen LogP contribution in [0.5, 0.6) is 0 Å². The van der Waals surface area contributed by atoms with Gasteiger partial charge in [-0.1, -0.05) is 46.3 Å². The molecule has 1 aliphatic rings. The molecule has 0 aliphatic carbocycles. The first kappa shape index (κ1) is 12.4. The third-order valence-electron chi connectivity index (χ3n) is 3.22. The van der Waals surface area contributed by atoms with E-state index in [0.717, 1.165) is 21.3 Å². The van der Waals surface area contributed by atoms with Crippen LogP contribution in [0.25, 0.3) is 0 Å². The van der Waals surface area contributed by atoms with Gasteiger partial charge in [0, 0.05) is 10.2 Å². The van der Waals surface area contributed by atoms with Gasteiger partial charge in [-0.05, 0) is 29.3 Å². The minimum absolute atomic E-state index is 0.00735. The summed E-state index contributed by atoms with van der Waals surface area (Å²) in [6, 6.07) is 16.1. The number of fused-ring (bicyclic) bond motifs is 1. The zero-order chi connectivity index (χ0) is 13.2. The van der Waals surface area contributed by atoms with Gasteiger partial charge in [0.25, 0.3) is 0 Å². The van der Waals surface area contributed by atoms with Gasteiger partial charge in [-0.3, -0.25) is 10.1 Å². The van der Waals surface area contributed by atoms with Crippen molar-refractivity contribution in [3.8, 4) is 0 Å². The Morgan fingerprint density at radius 3 is 2.58 bits per heavy atom. The van der Waals surface area contributed by atoms with Crippen LogP contribution in [-0.2, 0) is 4.79 Å². The van der Waals surface area contributed by atoms with E-state index < -0.39 is 0 Å². The Morgan fingerprint density at radius 2 is 1.79 bits per heavy atom. The quantitative estimate of drug-likeness (QED) is 0.849. The van der Waals surface area contributed by atoms with Gasteiger partial charge in [0.05, 0.1) is 12.6 Å². The van der Waals surface area contributed by atoms with Crippen LogP contribution < -0.4 is 10.6 Å². The Labute approximate surface area is 120 Å². The molecule has 0 saturated carbocycles. The van der Waals surface area contributed by atoms with Gasteiger partial charge in [0.15, 0.2) is 0 Å². The fourth-order valence-electron chi connectivity index (χ4n) is 2.31. The Balaban J connectivity index is 2.06. The average molecular weight is 317 g/mol. The molecule has 0 aromatic heterocycles. The zero-order valence-electron chi connectivity index (χ0n) is 10.2. The SMILES string of the molecule is O=C1CNC(c2ccc(Br)cc2)c2ccccc2N1. The van der Waals surface area contributed by atoms with E-state index >= 15 is 0 Å². The van der Waals surface area contributed by atoms with Crippen LogP contribution in [0, 0.1) is 0 Å². The van der Waals surface area contributed by atoms with Crippen molar-refractivity contribution < 1.29 is 4.79 Å². The van der Waals surface area contributed by atoms with Gasteiger partial charge >= 0.3 is 0 Å². The molecule has 0 radical (unpaired) electrons. The zero-order valence-corrected chi connectivity index (χ0v) is 11.8. The maximum Gasteiger partial charge on any atom is 0.238 e. The Hall–Kier alpha value is -1.65. The number of carbonyl (C=O) groups is 1. The lowest BCUT2D eigenvalue weighted by atomic mass is 9.97. The molecule has 19 heavy (non-hydrogen) atoms. The third-order valence-corrected chi connectivity index (χ3v) is 3.74. The number of carbonyl (C=O) groups excluding carboxylic acids is 1. The summed E-state index contributed by atoms with van der Waals surface area (Å²) in [5, 5.41) is 6.22. The fraction of sp³-hybridized carbons (Fsp3) is 0.133. The molecular formula is C15H13BrN2O. The van der Waals surface area contributed by atoms with Crippen molar-refractivity contribution in [2.24, 2.45) is 0 Å². The van der Waals surface area contributed by atoms with Gasteiger partial charge in [-0.25, -0.2) is 0 Å². The number of rotatable bonds is 1. The summed E-state index contributed by atoms with van der Waals surface area (Å²) < 4.78 is 1.05. The first-order valence-corrected chi connectivity index (χ1v) is 6.91. The van der Waals surface area contributed by atoms with Crippen molar-refractivity contribution in [3.05, 3.63) is 64.1 Å². The Morgan fingerprint density at radius 1 is 1.05 bits per heavy atom. The summed E-state index contributed by atoms with van der Waals surface area (Å²) in [6.45, 7) is 0.315. The molecule has 0 saturated heterocycles. The second-order valence-electron chi connectivity index (χ2n) is 4.50. The van der Waals surface area contributed by atoms with Crippen LogP contribution in [0.1, 0.15) is 17.2 Å². The lowest BCUT2D eigenvalue weighted by Crippen LogP contribution is -2.27. The van der Waals surface area contributed by atoms with E-state index in [0.29, 0.717) is 6.54 Å². The smallest absolute Gasteiger partial charge is 0.238 e. The van der Waals surface area contributed by atoms with Crippen molar-refractivity contribution in [2.75, 3.05) is 11.9 Å². The lowest BCUT2D eigenvalue weighted by Gasteiger charge is -2.18. The lowest BCUT2D eigenvalue weighted by molar-refractivity contribution is -0.115. The molecule has 1 atom stereocenters. The highest BCUT2D eigenvalue weighted by Crippen LogP contribution is 2.30. The van der Waals surface area contributed by atoms with Crippen molar-refractivity contribution >= 4 is 27.5 Å². The summed E-state index contributed by atoms with van der Waals surface area (Å²) in [6.07, 6.45) is 0. The highest BCUT2D eigenvalue weighted by molar-refractivity contribution is 9.10. The normalized spacial score (nSPS) is 18.4. The number of amides is 1. The van der Waals surface area contributed by atoms with E-state index in [1.807, 2.05) is 36.4 Å². The first-order valence-electron chi connectivity index (χ1n) is 6.11. The number of hydrogen-bond acceptors (Lipinski definition) is 2. The Kier molecular flexibility index (Phi) is 3.36. The molecule has 3 rings (SSSR count). The van der Waals surface area contributed by atoms with E-state index in [4.69, 9.17) is 0 Å². The molecule has 0 spiro atoms. The maximum absolute atomic E-state index is 11.7. The Bertz CT molecular complexity index is 610. The number of hydrogen-bond donors (Lipinski definition) is 2. The third kappa shape index (κ3) is 2.55. The van der Waals surface area contributed by atoms with Crippen LogP contribution in [0.2, 0.25) is 0 Å². The van der Waals surface area contributed by atoms with Gasteiger partial charge in [-0.2, -0.15) is 0 Å². The minimum Gasteiger partial charge on any atom is -0.325 e. The fourth-order valence-corrected chi connectivity index (χ4v) is 2.58. The molecule has 1 unspecified atom stereocenters. The topological polar surface area (TPSA) is 41.1 Å². The van der Waals surface area contributed by atoms with Gasteiger partial charge in [0.1, 0.15) is 0 Å². The summed E-state index contributed by atoms with van der Waals surface area (Å²) in [5.74, 6) is -0.00735. The van der Waals surface area contributed by atoms with Crippen molar-refractivity contribution in [1.29, 1.82) is 0 Å². The molecule has 2 N–H and O–H groups in total. The summed E-state index contributed by atoms with van der Waals surface area (Å²) in [7, 11) is 0.